The fourth-order valence-electron chi connectivity index (χ4n) is 4.82. The van der Waals surface area contributed by atoms with Gasteiger partial charge in [-0.3, -0.25) is 4.79 Å². The third-order valence-corrected chi connectivity index (χ3v) is 8.66. The van der Waals surface area contributed by atoms with Crippen molar-refractivity contribution in [1.82, 2.24) is 5.32 Å². The van der Waals surface area contributed by atoms with E-state index in [0.717, 1.165) is 0 Å². The molecule has 1 N–H and O–H groups in total. The number of ether oxygens (including phenoxy) is 1. The van der Waals surface area contributed by atoms with Crippen LogP contribution in [0.4, 0.5) is 8.78 Å². The summed E-state index contributed by atoms with van der Waals surface area (Å²) in [4.78, 5) is 17.6. The van der Waals surface area contributed by atoms with Crippen molar-refractivity contribution in [2.75, 3.05) is 19.0 Å². The van der Waals surface area contributed by atoms with Crippen LogP contribution in [0.2, 0.25) is 0 Å². The third kappa shape index (κ3) is 4.28. The van der Waals surface area contributed by atoms with Crippen molar-refractivity contribution in [3.8, 4) is 0 Å². The van der Waals surface area contributed by atoms with Gasteiger partial charge in [0.25, 0.3) is 5.91 Å². The van der Waals surface area contributed by atoms with E-state index in [1.54, 1.807) is 36.4 Å². The number of carbonyl (C=O) groups is 1. The molecular weight excluding hydrogens is 485 g/mol. The molecule has 2 fully saturated rings. The van der Waals surface area contributed by atoms with E-state index in [1.165, 1.54) is 17.8 Å². The van der Waals surface area contributed by atoms with E-state index < -0.39 is 48.4 Å². The predicted octanol–water partition coefficient (Wildman–Crippen LogP) is 3.84. The highest BCUT2D eigenvalue weighted by atomic mass is 32.2. The van der Waals surface area contributed by atoms with E-state index in [4.69, 9.17) is 19.0 Å². The molecule has 0 aromatic heterocycles. The summed E-state index contributed by atoms with van der Waals surface area (Å²) in [5, 5.41) is 3.19. The van der Waals surface area contributed by atoms with Gasteiger partial charge in [0.15, 0.2) is 5.17 Å². The maximum atomic E-state index is 15.5. The topological polar surface area (TPSA) is 69.2 Å². The first kappa shape index (κ1) is 25.4. The lowest BCUT2D eigenvalue weighted by Crippen LogP contribution is -2.45. The van der Waals surface area contributed by atoms with E-state index in [0.29, 0.717) is 21.9 Å². The van der Waals surface area contributed by atoms with E-state index in [1.807, 2.05) is 33.8 Å². The minimum absolute atomic E-state index is 0.00125. The largest absolute Gasteiger partial charge is 0.494 e. The van der Waals surface area contributed by atoms with Gasteiger partial charge in [-0.1, -0.05) is 42.1 Å². The molecule has 3 aliphatic rings. The first-order valence-corrected chi connectivity index (χ1v) is 13.0. The SMILES string of the molecule is CC1(C)OB(c2ccc(F)c([C@]34CO[C@H](CF)[C@H]3CSC(NC(=O)c3ccccc3)=N4)c2)OC1(C)C. The Morgan fingerprint density at radius 1 is 1.14 bits per heavy atom. The smallest absolute Gasteiger partial charge is 0.399 e. The molecule has 0 saturated carbocycles. The molecule has 2 aromatic carbocycles. The first-order chi connectivity index (χ1) is 17.1. The first-order valence-electron chi connectivity index (χ1n) is 12.0. The average Bonchev–Trinajstić information content (AvgIpc) is 3.33. The molecule has 6 nitrogen and oxygen atoms in total. The Kier molecular flexibility index (Phi) is 6.52. The summed E-state index contributed by atoms with van der Waals surface area (Å²) in [6.45, 7) is 7.11. The van der Waals surface area contributed by atoms with Gasteiger partial charge in [0, 0.05) is 22.8 Å². The van der Waals surface area contributed by atoms with Crippen molar-refractivity contribution in [1.29, 1.82) is 0 Å². The van der Waals surface area contributed by atoms with E-state index in [2.05, 4.69) is 5.32 Å². The minimum Gasteiger partial charge on any atom is -0.399 e. The number of hydrogen-bond acceptors (Lipinski definition) is 6. The molecule has 0 radical (unpaired) electrons. The molecule has 190 valence electrons. The average molecular weight is 514 g/mol. The number of amidine groups is 1. The maximum absolute atomic E-state index is 15.5. The van der Waals surface area contributed by atoms with Crippen LogP contribution in [-0.2, 0) is 19.6 Å². The highest BCUT2D eigenvalue weighted by Crippen LogP contribution is 2.48. The van der Waals surface area contributed by atoms with E-state index in [9.17, 15) is 9.18 Å². The van der Waals surface area contributed by atoms with Gasteiger partial charge in [-0.05, 0) is 51.4 Å². The number of amides is 1. The van der Waals surface area contributed by atoms with Crippen LogP contribution in [0.15, 0.2) is 53.5 Å². The summed E-state index contributed by atoms with van der Waals surface area (Å²) in [5.41, 5.74) is -0.900. The van der Waals surface area contributed by atoms with E-state index >= 15 is 4.39 Å². The Morgan fingerprint density at radius 2 is 1.83 bits per heavy atom. The van der Waals surface area contributed by atoms with Crippen LogP contribution in [-0.4, -0.2) is 54.5 Å². The number of thioether (sulfide) groups is 1. The lowest BCUT2D eigenvalue weighted by atomic mass is 9.73. The standard InChI is InChI=1S/C26H29BF2N2O4S/c1-24(2)25(3,4)35-27(34-24)17-10-11-20(29)18(12-17)26-15-33-21(13-28)19(26)14-36-23(31-26)30-22(32)16-8-6-5-7-9-16/h5-12,19,21H,13-15H2,1-4H3,(H,30,31,32)/t19-,21-,26-/m1/s1. The van der Waals surface area contributed by atoms with Crippen molar-refractivity contribution in [3.05, 3.63) is 65.5 Å². The highest BCUT2D eigenvalue weighted by Gasteiger charge is 2.56. The zero-order valence-corrected chi connectivity index (χ0v) is 21.5. The summed E-state index contributed by atoms with van der Waals surface area (Å²) in [5.74, 6) is -0.786. The molecule has 3 atom stereocenters. The van der Waals surface area contributed by atoms with Gasteiger partial charge in [0.05, 0.1) is 23.9 Å². The third-order valence-electron chi connectivity index (χ3n) is 7.67. The number of nitrogens with one attached hydrogen (secondary N) is 1. The van der Waals surface area contributed by atoms with E-state index in [-0.39, 0.29) is 18.1 Å². The molecule has 3 heterocycles. The van der Waals surface area contributed by atoms with Crippen LogP contribution in [0.25, 0.3) is 0 Å². The second-order valence-corrected chi connectivity index (χ2v) is 11.4. The molecule has 5 rings (SSSR count). The molecule has 2 aromatic rings. The highest BCUT2D eigenvalue weighted by molar-refractivity contribution is 8.13. The molecular formula is C26H29BF2N2O4S. The van der Waals surface area contributed by atoms with Crippen molar-refractivity contribution >= 4 is 35.4 Å². The molecule has 1 amide bonds. The second kappa shape index (κ2) is 9.24. The van der Waals surface area contributed by atoms with Crippen molar-refractivity contribution < 1.29 is 27.6 Å². The number of aliphatic imine (C=N–C) groups is 1. The van der Waals surface area contributed by atoms with Crippen LogP contribution < -0.4 is 10.8 Å². The molecule has 3 aliphatic heterocycles. The number of alkyl halides is 1. The predicted molar refractivity (Wildman–Crippen MR) is 137 cm³/mol. The number of rotatable bonds is 4. The molecule has 10 heteroatoms. The molecule has 36 heavy (non-hydrogen) atoms. The second-order valence-electron chi connectivity index (χ2n) is 10.4. The number of hydrogen-bond donors (Lipinski definition) is 1. The van der Waals surface area contributed by atoms with Crippen molar-refractivity contribution in [2.24, 2.45) is 10.9 Å². The van der Waals surface area contributed by atoms with Gasteiger partial charge in [-0.15, -0.1) is 0 Å². The monoisotopic (exact) mass is 514 g/mol. The fraction of sp³-hybridized carbons (Fsp3) is 0.462. The molecule has 2 saturated heterocycles. The van der Waals surface area contributed by atoms with Crippen LogP contribution in [0, 0.1) is 11.7 Å². The van der Waals surface area contributed by atoms with Gasteiger partial charge in [-0.25, -0.2) is 13.8 Å². The zero-order valence-electron chi connectivity index (χ0n) is 20.7. The Hall–Kier alpha value is -2.27. The summed E-state index contributed by atoms with van der Waals surface area (Å²) >= 11 is 1.31. The van der Waals surface area contributed by atoms with Gasteiger partial charge >= 0.3 is 7.12 Å². The quantitative estimate of drug-likeness (QED) is 0.629. The van der Waals surface area contributed by atoms with Crippen molar-refractivity contribution in [3.63, 3.8) is 0 Å². The lowest BCUT2D eigenvalue weighted by molar-refractivity contribution is 0.00578. The Bertz CT molecular complexity index is 1180. The Balaban J connectivity index is 1.53. The molecule has 0 unspecified atom stereocenters. The summed E-state index contributed by atoms with van der Waals surface area (Å²) in [7, 11) is -0.692. The number of nitrogens with zero attached hydrogens (tertiary/aromatic N) is 1. The normalized spacial score (nSPS) is 28.5. The van der Waals surface area contributed by atoms with Crippen LogP contribution in [0.1, 0.15) is 43.6 Å². The number of carbonyl (C=O) groups excluding carboxylic acids is 1. The molecule has 0 bridgehead atoms. The summed E-state index contributed by atoms with van der Waals surface area (Å²) in [6, 6.07) is 13.5. The number of fused-ring (bicyclic) bond motifs is 1. The van der Waals surface area contributed by atoms with Gasteiger partial charge < -0.3 is 19.4 Å². The van der Waals surface area contributed by atoms with Crippen LogP contribution in [0.3, 0.4) is 0 Å². The summed E-state index contributed by atoms with van der Waals surface area (Å²) < 4.78 is 47.5. The zero-order chi connectivity index (χ0) is 25.7. The van der Waals surface area contributed by atoms with Crippen molar-refractivity contribution in [2.45, 2.75) is 50.5 Å². The van der Waals surface area contributed by atoms with Gasteiger partial charge in [-0.2, -0.15) is 0 Å². The Labute approximate surface area is 214 Å². The van der Waals surface area contributed by atoms with Gasteiger partial charge in [0.1, 0.15) is 18.0 Å². The summed E-state index contributed by atoms with van der Waals surface area (Å²) in [6.07, 6.45) is -0.715. The van der Waals surface area contributed by atoms with Gasteiger partial charge in [0.2, 0.25) is 0 Å². The minimum atomic E-state index is -1.19. The molecule has 0 spiro atoms. The Morgan fingerprint density at radius 3 is 2.50 bits per heavy atom. The number of benzene rings is 2. The van der Waals surface area contributed by atoms with Crippen LogP contribution in [0.5, 0.6) is 0 Å². The maximum Gasteiger partial charge on any atom is 0.494 e. The fourth-order valence-corrected chi connectivity index (χ4v) is 6.04. The van der Waals surface area contributed by atoms with Crippen LogP contribution >= 0.6 is 11.8 Å². The number of halogens is 2. The lowest BCUT2D eigenvalue weighted by Gasteiger charge is -2.36. The molecule has 0 aliphatic carbocycles.